The number of benzene rings is 1. The fourth-order valence-electron chi connectivity index (χ4n) is 1.62. The first-order valence-electron chi connectivity index (χ1n) is 5.88. The van der Waals surface area contributed by atoms with Crippen LogP contribution in [0.15, 0.2) is 18.2 Å². The lowest BCUT2D eigenvalue weighted by atomic mass is 10.0. The quantitative estimate of drug-likeness (QED) is 0.795. The zero-order valence-electron chi connectivity index (χ0n) is 10.3. The van der Waals surface area contributed by atoms with E-state index in [0.717, 1.165) is 18.2 Å². The van der Waals surface area contributed by atoms with Crippen LogP contribution in [0, 0.1) is 11.6 Å². The Morgan fingerprint density at radius 3 is 2.83 bits per heavy atom. The van der Waals surface area contributed by atoms with E-state index in [1.54, 1.807) is 6.92 Å². The van der Waals surface area contributed by atoms with Crippen molar-refractivity contribution in [3.8, 4) is 0 Å². The van der Waals surface area contributed by atoms with Crippen molar-refractivity contribution in [2.75, 3.05) is 6.61 Å². The number of carbonyl (C=O) groups is 1. The number of halogens is 2. The molecule has 0 heterocycles. The minimum Gasteiger partial charge on any atom is -0.466 e. The van der Waals surface area contributed by atoms with Gasteiger partial charge in [-0.1, -0.05) is 0 Å². The van der Waals surface area contributed by atoms with Crippen molar-refractivity contribution in [1.29, 1.82) is 0 Å². The van der Waals surface area contributed by atoms with E-state index in [1.165, 1.54) is 0 Å². The van der Waals surface area contributed by atoms with E-state index >= 15 is 0 Å². The summed E-state index contributed by atoms with van der Waals surface area (Å²) >= 11 is 0. The molecule has 1 atom stereocenters. The molecule has 0 saturated carbocycles. The van der Waals surface area contributed by atoms with Crippen molar-refractivity contribution < 1.29 is 18.3 Å². The Hall–Kier alpha value is -1.49. The van der Waals surface area contributed by atoms with Crippen molar-refractivity contribution in [2.24, 2.45) is 5.73 Å². The van der Waals surface area contributed by atoms with Crippen LogP contribution in [0.4, 0.5) is 8.78 Å². The molecule has 0 spiro atoms. The highest BCUT2D eigenvalue weighted by Gasteiger charge is 2.11. The molecule has 0 aliphatic heterocycles. The van der Waals surface area contributed by atoms with Gasteiger partial charge in [0.1, 0.15) is 11.6 Å². The van der Waals surface area contributed by atoms with Crippen LogP contribution in [0.5, 0.6) is 0 Å². The summed E-state index contributed by atoms with van der Waals surface area (Å²) in [6.45, 7) is 2.05. The van der Waals surface area contributed by atoms with Gasteiger partial charge in [0, 0.05) is 12.5 Å². The third kappa shape index (κ3) is 4.79. The molecule has 1 rings (SSSR count). The zero-order valence-corrected chi connectivity index (χ0v) is 10.3. The van der Waals surface area contributed by atoms with Crippen LogP contribution < -0.4 is 5.73 Å². The van der Waals surface area contributed by atoms with Gasteiger partial charge in [-0.25, -0.2) is 8.78 Å². The topological polar surface area (TPSA) is 52.3 Å². The fourth-order valence-corrected chi connectivity index (χ4v) is 1.62. The minimum atomic E-state index is -0.496. The molecule has 0 aliphatic carbocycles. The van der Waals surface area contributed by atoms with E-state index in [9.17, 15) is 13.6 Å². The monoisotopic (exact) mass is 257 g/mol. The molecule has 0 aromatic heterocycles. The molecule has 3 nitrogen and oxygen atoms in total. The molecule has 0 saturated heterocycles. The maximum atomic E-state index is 13.3. The first kappa shape index (κ1) is 14.6. The summed E-state index contributed by atoms with van der Waals surface area (Å²) in [4.78, 5) is 11.1. The molecule has 0 fully saturated rings. The molecule has 1 unspecified atom stereocenters. The molecule has 0 radical (unpaired) electrons. The number of carbonyl (C=O) groups excluding carboxylic acids is 1. The maximum absolute atomic E-state index is 13.3. The van der Waals surface area contributed by atoms with Crippen LogP contribution in [-0.4, -0.2) is 18.6 Å². The summed E-state index contributed by atoms with van der Waals surface area (Å²) in [5.41, 5.74) is 6.00. The van der Waals surface area contributed by atoms with E-state index in [1.807, 2.05) is 0 Å². The Bertz CT molecular complexity index is 410. The predicted molar refractivity (Wildman–Crippen MR) is 63.9 cm³/mol. The second-order valence-electron chi connectivity index (χ2n) is 4.04. The number of ether oxygens (including phenoxy) is 1. The van der Waals surface area contributed by atoms with Gasteiger partial charge in [0.05, 0.1) is 6.61 Å². The SMILES string of the molecule is CCOC(=O)CCC(N)Cc1cc(F)ccc1F. The summed E-state index contributed by atoms with van der Waals surface area (Å²) < 4.78 is 31.0. The molecule has 1 aromatic rings. The van der Waals surface area contributed by atoms with Gasteiger partial charge in [0.25, 0.3) is 0 Å². The Morgan fingerprint density at radius 1 is 1.44 bits per heavy atom. The molecular formula is C13H17F2NO2. The summed E-state index contributed by atoms with van der Waals surface area (Å²) in [5.74, 6) is -1.31. The van der Waals surface area contributed by atoms with Crippen molar-refractivity contribution in [3.05, 3.63) is 35.4 Å². The molecule has 0 amide bonds. The normalized spacial score (nSPS) is 12.2. The lowest BCUT2D eigenvalue weighted by Gasteiger charge is -2.11. The highest BCUT2D eigenvalue weighted by atomic mass is 19.1. The van der Waals surface area contributed by atoms with E-state index in [-0.39, 0.29) is 24.4 Å². The van der Waals surface area contributed by atoms with Crippen LogP contribution in [0.2, 0.25) is 0 Å². The summed E-state index contributed by atoms with van der Waals surface area (Å²) in [5, 5.41) is 0. The molecule has 2 N–H and O–H groups in total. The Morgan fingerprint density at radius 2 is 2.17 bits per heavy atom. The molecule has 100 valence electrons. The van der Waals surface area contributed by atoms with Crippen molar-refractivity contribution in [3.63, 3.8) is 0 Å². The largest absolute Gasteiger partial charge is 0.466 e. The van der Waals surface area contributed by atoms with E-state index < -0.39 is 17.7 Å². The Balaban J connectivity index is 2.46. The average Bonchev–Trinajstić information content (AvgIpc) is 2.32. The molecule has 1 aromatic carbocycles. The smallest absolute Gasteiger partial charge is 0.305 e. The van der Waals surface area contributed by atoms with Gasteiger partial charge >= 0.3 is 5.97 Å². The van der Waals surface area contributed by atoms with Crippen molar-refractivity contribution in [1.82, 2.24) is 0 Å². The molecule has 5 heteroatoms. The molecular weight excluding hydrogens is 240 g/mol. The van der Waals surface area contributed by atoms with E-state index in [2.05, 4.69) is 0 Å². The fraction of sp³-hybridized carbons (Fsp3) is 0.462. The number of rotatable bonds is 6. The first-order chi connectivity index (χ1) is 8.52. The zero-order chi connectivity index (χ0) is 13.5. The maximum Gasteiger partial charge on any atom is 0.305 e. The van der Waals surface area contributed by atoms with Crippen molar-refractivity contribution in [2.45, 2.75) is 32.2 Å². The summed E-state index contributed by atoms with van der Waals surface area (Å²) in [7, 11) is 0. The van der Waals surface area contributed by atoms with Crippen LogP contribution in [0.3, 0.4) is 0 Å². The van der Waals surface area contributed by atoms with E-state index in [4.69, 9.17) is 10.5 Å². The highest BCUT2D eigenvalue weighted by Crippen LogP contribution is 2.13. The lowest BCUT2D eigenvalue weighted by Crippen LogP contribution is -2.24. The third-order valence-corrected chi connectivity index (χ3v) is 2.51. The van der Waals surface area contributed by atoms with Gasteiger partial charge in [-0.15, -0.1) is 0 Å². The van der Waals surface area contributed by atoms with Gasteiger partial charge in [-0.2, -0.15) is 0 Å². The average molecular weight is 257 g/mol. The number of hydrogen-bond acceptors (Lipinski definition) is 3. The van der Waals surface area contributed by atoms with Gasteiger partial charge < -0.3 is 10.5 Å². The van der Waals surface area contributed by atoms with Gasteiger partial charge in [-0.3, -0.25) is 4.79 Å². The molecule has 18 heavy (non-hydrogen) atoms. The third-order valence-electron chi connectivity index (χ3n) is 2.51. The van der Waals surface area contributed by atoms with Crippen LogP contribution >= 0.6 is 0 Å². The Labute approximate surface area is 105 Å². The standard InChI is InChI=1S/C13H17F2NO2/c1-2-18-13(17)6-4-11(16)8-9-7-10(14)3-5-12(9)15/h3,5,7,11H,2,4,6,8,16H2,1H3. The van der Waals surface area contributed by atoms with E-state index in [0.29, 0.717) is 13.0 Å². The van der Waals surface area contributed by atoms with Crippen LogP contribution in [0.1, 0.15) is 25.3 Å². The van der Waals surface area contributed by atoms with Gasteiger partial charge in [0.2, 0.25) is 0 Å². The summed E-state index contributed by atoms with van der Waals surface area (Å²) in [6.07, 6.45) is 0.768. The molecule has 0 aliphatic rings. The van der Waals surface area contributed by atoms with Crippen LogP contribution in [-0.2, 0) is 16.0 Å². The molecule has 0 bridgehead atoms. The Kier molecular flexibility index (Phi) is 5.71. The highest BCUT2D eigenvalue weighted by molar-refractivity contribution is 5.69. The second kappa shape index (κ2) is 7.06. The number of esters is 1. The van der Waals surface area contributed by atoms with Gasteiger partial charge in [-0.05, 0) is 43.5 Å². The summed E-state index contributed by atoms with van der Waals surface area (Å²) in [6, 6.07) is 2.86. The lowest BCUT2D eigenvalue weighted by molar-refractivity contribution is -0.143. The van der Waals surface area contributed by atoms with Crippen molar-refractivity contribution >= 4 is 5.97 Å². The minimum absolute atomic E-state index is 0.186. The first-order valence-corrected chi connectivity index (χ1v) is 5.88. The van der Waals surface area contributed by atoms with Gasteiger partial charge in [0.15, 0.2) is 0 Å². The number of nitrogens with two attached hydrogens (primary N) is 1. The van der Waals surface area contributed by atoms with Crippen LogP contribution in [0.25, 0.3) is 0 Å². The second-order valence-corrected chi connectivity index (χ2v) is 4.04. The number of hydrogen-bond donors (Lipinski definition) is 1. The predicted octanol–water partition coefficient (Wildman–Crippen LogP) is 2.18.